The second-order valence-corrected chi connectivity index (χ2v) is 5.33. The van der Waals surface area contributed by atoms with E-state index in [1.165, 1.54) is 0 Å². The summed E-state index contributed by atoms with van der Waals surface area (Å²) in [4.78, 5) is 37.2. The number of hydrogen-bond donors (Lipinski definition) is 3. The Morgan fingerprint density at radius 2 is 1.84 bits per heavy atom. The summed E-state index contributed by atoms with van der Waals surface area (Å²) in [5, 5.41) is 0. The number of likely N-dealkylation sites (tertiary alicyclic amines) is 2. The number of nitrogens with zero attached hydrogens (tertiary/aromatic N) is 1. The highest BCUT2D eigenvalue weighted by Gasteiger charge is 2.40. The van der Waals surface area contributed by atoms with Gasteiger partial charge in [0.1, 0.15) is 6.54 Å². The molecule has 3 amide bonds. The lowest BCUT2D eigenvalue weighted by Gasteiger charge is -2.23. The number of carbonyl (C=O) groups is 3. The molecule has 0 aliphatic carbocycles. The number of amides is 3. The molecule has 2 saturated heterocycles. The predicted octanol–water partition coefficient (Wildman–Crippen LogP) is -3.00. The Balaban J connectivity index is 1.97. The van der Waals surface area contributed by atoms with Gasteiger partial charge in [-0.05, 0) is 19.4 Å². The molecule has 3 atom stereocenters. The third-order valence-electron chi connectivity index (χ3n) is 4.10. The van der Waals surface area contributed by atoms with Gasteiger partial charge in [-0.15, -0.1) is 0 Å². The first-order chi connectivity index (χ1) is 9.00. The zero-order chi connectivity index (χ0) is 14.0. The maximum atomic E-state index is 12.2. The van der Waals surface area contributed by atoms with E-state index in [1.54, 1.807) is 0 Å². The highest BCUT2D eigenvalue weighted by molar-refractivity contribution is 5.83. The van der Waals surface area contributed by atoms with Crippen molar-refractivity contribution in [1.29, 1.82) is 0 Å². The Morgan fingerprint density at radius 1 is 1.11 bits per heavy atom. The molecule has 2 rings (SSSR count). The fourth-order valence-corrected chi connectivity index (χ4v) is 3.12. The summed E-state index contributed by atoms with van der Waals surface area (Å²) in [6.07, 6.45) is 3.07. The largest absolute Gasteiger partial charge is 0.368 e. The Morgan fingerprint density at radius 3 is 2.47 bits per heavy atom. The van der Waals surface area contributed by atoms with Crippen LogP contribution >= 0.6 is 0 Å². The van der Waals surface area contributed by atoms with Gasteiger partial charge in [-0.2, -0.15) is 0 Å². The highest BCUT2D eigenvalue weighted by Crippen LogP contribution is 2.15. The van der Waals surface area contributed by atoms with Crippen molar-refractivity contribution < 1.29 is 19.3 Å². The molecule has 7 nitrogen and oxygen atoms in total. The molecule has 5 N–H and O–H groups in total. The molecule has 0 spiro atoms. The molecule has 2 fully saturated rings. The van der Waals surface area contributed by atoms with E-state index in [9.17, 15) is 14.4 Å². The van der Waals surface area contributed by atoms with Crippen molar-refractivity contribution in [3.05, 3.63) is 0 Å². The number of primary amides is 2. The molecule has 3 unspecified atom stereocenters. The fourth-order valence-electron chi connectivity index (χ4n) is 3.12. The Hall–Kier alpha value is -1.47. The van der Waals surface area contributed by atoms with Gasteiger partial charge in [0.2, 0.25) is 5.91 Å². The number of carbonyl (C=O) groups excluding carboxylic acids is 3. The number of quaternary nitrogens is 1. The average molecular weight is 269 g/mol. The standard InChI is InChI=1S/C12H20N4O3/c13-11(18)8-3-1-5-15(8)7-10(17)16-6-2-4-9(16)12(14)19/h8-9H,1-7H2,(H2,13,18)(H2,14,19)/p+1. The Bertz CT molecular complexity index is 398. The lowest BCUT2D eigenvalue weighted by Crippen LogP contribution is -3.18. The van der Waals surface area contributed by atoms with E-state index in [1.807, 2.05) is 4.90 Å². The predicted molar refractivity (Wildman–Crippen MR) is 66.8 cm³/mol. The van der Waals surface area contributed by atoms with Gasteiger partial charge >= 0.3 is 5.91 Å². The van der Waals surface area contributed by atoms with Crippen LogP contribution in [-0.2, 0) is 14.4 Å². The van der Waals surface area contributed by atoms with Gasteiger partial charge in [-0.3, -0.25) is 19.4 Å². The van der Waals surface area contributed by atoms with Crippen molar-refractivity contribution in [2.24, 2.45) is 11.5 Å². The van der Waals surface area contributed by atoms with E-state index >= 15 is 0 Å². The first-order valence-corrected chi connectivity index (χ1v) is 6.72. The van der Waals surface area contributed by atoms with Crippen molar-refractivity contribution in [3.63, 3.8) is 0 Å². The summed E-state index contributed by atoms with van der Waals surface area (Å²) in [7, 11) is 0. The van der Waals surface area contributed by atoms with Crippen LogP contribution in [0.5, 0.6) is 0 Å². The SMILES string of the molecule is NC(=O)C1CCCN1CC(=O)[NH+]1CCCC1C(N)=O. The van der Waals surface area contributed by atoms with E-state index in [2.05, 4.69) is 0 Å². The molecule has 0 aromatic rings. The molecule has 0 bridgehead atoms. The molecule has 0 aromatic heterocycles. The average Bonchev–Trinajstić information content (AvgIpc) is 2.96. The van der Waals surface area contributed by atoms with E-state index in [0.717, 1.165) is 12.8 Å². The van der Waals surface area contributed by atoms with Crippen molar-refractivity contribution in [2.45, 2.75) is 37.8 Å². The maximum absolute atomic E-state index is 12.2. The lowest BCUT2D eigenvalue weighted by atomic mass is 10.2. The fraction of sp³-hybridized carbons (Fsp3) is 0.750. The van der Waals surface area contributed by atoms with Crippen LogP contribution in [0.15, 0.2) is 0 Å². The van der Waals surface area contributed by atoms with E-state index in [0.29, 0.717) is 30.8 Å². The molecular weight excluding hydrogens is 248 g/mol. The summed E-state index contributed by atoms with van der Waals surface area (Å²) < 4.78 is 0. The van der Waals surface area contributed by atoms with E-state index in [-0.39, 0.29) is 24.4 Å². The second-order valence-electron chi connectivity index (χ2n) is 5.33. The van der Waals surface area contributed by atoms with Crippen molar-refractivity contribution in [2.75, 3.05) is 19.6 Å². The quantitative estimate of drug-likeness (QED) is 0.505. The smallest absolute Gasteiger partial charge is 0.326 e. The van der Waals surface area contributed by atoms with E-state index in [4.69, 9.17) is 11.5 Å². The molecule has 106 valence electrons. The van der Waals surface area contributed by atoms with Crippen molar-refractivity contribution >= 4 is 17.7 Å². The summed E-state index contributed by atoms with van der Waals surface area (Å²) in [6.45, 7) is 1.52. The summed E-state index contributed by atoms with van der Waals surface area (Å²) in [6, 6.07) is -0.764. The van der Waals surface area contributed by atoms with Crippen LogP contribution in [0.25, 0.3) is 0 Å². The third-order valence-corrected chi connectivity index (χ3v) is 4.10. The van der Waals surface area contributed by atoms with Crippen LogP contribution in [-0.4, -0.2) is 54.3 Å². The zero-order valence-corrected chi connectivity index (χ0v) is 10.9. The lowest BCUT2D eigenvalue weighted by molar-refractivity contribution is -0.823. The van der Waals surface area contributed by atoms with Gasteiger partial charge in [0.05, 0.1) is 12.6 Å². The highest BCUT2D eigenvalue weighted by atomic mass is 16.2. The molecule has 2 aliphatic rings. The summed E-state index contributed by atoms with van der Waals surface area (Å²) in [5.74, 6) is -0.864. The molecule has 19 heavy (non-hydrogen) atoms. The second kappa shape index (κ2) is 5.66. The summed E-state index contributed by atoms with van der Waals surface area (Å²) >= 11 is 0. The van der Waals surface area contributed by atoms with Gasteiger partial charge in [0.25, 0.3) is 5.91 Å². The molecule has 0 saturated carbocycles. The molecule has 2 heterocycles. The van der Waals surface area contributed by atoms with Crippen LogP contribution in [0.2, 0.25) is 0 Å². The normalized spacial score (nSPS) is 31.5. The van der Waals surface area contributed by atoms with Crippen LogP contribution in [0.1, 0.15) is 25.7 Å². The third kappa shape index (κ3) is 2.93. The number of rotatable bonds is 4. The zero-order valence-electron chi connectivity index (χ0n) is 10.9. The minimum absolute atomic E-state index is 0.0607. The molecular formula is C12H21N4O3+. The van der Waals surface area contributed by atoms with Crippen LogP contribution in [0.3, 0.4) is 0 Å². The Labute approximate surface area is 111 Å². The van der Waals surface area contributed by atoms with Crippen LogP contribution in [0, 0.1) is 0 Å². The molecule has 2 aliphatic heterocycles. The first kappa shape index (κ1) is 14.0. The monoisotopic (exact) mass is 269 g/mol. The number of nitrogens with one attached hydrogen (secondary N) is 1. The van der Waals surface area contributed by atoms with Gasteiger partial charge in [0.15, 0.2) is 6.04 Å². The van der Waals surface area contributed by atoms with Gasteiger partial charge in [-0.25, -0.2) is 4.79 Å². The molecule has 0 radical (unpaired) electrons. The van der Waals surface area contributed by atoms with E-state index < -0.39 is 11.9 Å². The topological polar surface area (TPSA) is 111 Å². The summed E-state index contributed by atoms with van der Waals surface area (Å²) in [5.41, 5.74) is 10.6. The Kier molecular flexibility index (Phi) is 4.16. The first-order valence-electron chi connectivity index (χ1n) is 6.72. The van der Waals surface area contributed by atoms with Gasteiger partial charge in [0, 0.05) is 12.8 Å². The molecule has 0 aromatic carbocycles. The molecule has 7 heteroatoms. The van der Waals surface area contributed by atoms with Gasteiger partial charge < -0.3 is 11.5 Å². The minimum Gasteiger partial charge on any atom is -0.368 e. The van der Waals surface area contributed by atoms with Crippen LogP contribution < -0.4 is 16.4 Å². The van der Waals surface area contributed by atoms with Gasteiger partial charge in [-0.1, -0.05) is 0 Å². The number of nitrogens with two attached hydrogens (primary N) is 2. The number of hydrogen-bond acceptors (Lipinski definition) is 4. The van der Waals surface area contributed by atoms with Crippen LogP contribution in [0.4, 0.5) is 0 Å². The van der Waals surface area contributed by atoms with Crippen molar-refractivity contribution in [3.8, 4) is 0 Å². The maximum Gasteiger partial charge on any atom is 0.326 e. The van der Waals surface area contributed by atoms with Crippen molar-refractivity contribution in [1.82, 2.24) is 4.90 Å². The minimum atomic E-state index is -0.422.